The van der Waals surface area contributed by atoms with E-state index >= 15 is 0 Å². The molecule has 1 aromatic carbocycles. The number of nitrogens with one attached hydrogen (secondary N) is 1. The van der Waals surface area contributed by atoms with E-state index in [1.54, 1.807) is 6.07 Å². The van der Waals surface area contributed by atoms with Crippen LogP contribution in [0.5, 0.6) is 0 Å². The monoisotopic (exact) mass is 288 g/mol. The van der Waals surface area contributed by atoms with Gasteiger partial charge >= 0.3 is 0 Å². The predicted octanol–water partition coefficient (Wildman–Crippen LogP) is 0.224. The maximum atomic E-state index is 10.4. The van der Waals surface area contributed by atoms with E-state index in [1.165, 1.54) is 0 Å². The summed E-state index contributed by atoms with van der Waals surface area (Å²) in [6.07, 6.45) is -0.754. The zero-order chi connectivity index (χ0) is 14.1. The normalized spacial score (nSPS) is 12.3. The van der Waals surface area contributed by atoms with Crippen LogP contribution in [0.1, 0.15) is 5.56 Å². The molecular weight excluding hydrogens is 272 g/mol. The molecule has 1 atom stereocenters. The first kappa shape index (κ1) is 15.9. The van der Waals surface area contributed by atoms with Gasteiger partial charge in [0.2, 0.25) is 5.91 Å². The topological polar surface area (TPSA) is 93.8 Å². The summed E-state index contributed by atoms with van der Waals surface area (Å²) in [5.74, 6) is -0.586. The summed E-state index contributed by atoms with van der Waals surface area (Å²) in [5.41, 5.74) is 8.14. The minimum atomic E-state index is -0.754. The fourth-order valence-electron chi connectivity index (χ4n) is 1.26. The smallest absolute Gasteiger partial charge is 0.245 e. The number of carbonyl (C=O) groups is 1. The van der Waals surface area contributed by atoms with Gasteiger partial charge in [-0.05, 0) is 11.6 Å². The van der Waals surface area contributed by atoms with Crippen molar-refractivity contribution >= 4 is 17.5 Å². The largest absolute Gasteiger partial charge is 0.389 e. The van der Waals surface area contributed by atoms with Crippen molar-refractivity contribution in [2.45, 2.75) is 12.7 Å². The Hall–Kier alpha value is -1.18. The van der Waals surface area contributed by atoms with Gasteiger partial charge in [-0.1, -0.05) is 29.8 Å². The summed E-state index contributed by atoms with van der Waals surface area (Å²) in [5, 5.41) is 10.2. The van der Waals surface area contributed by atoms with E-state index in [4.69, 9.17) is 22.1 Å². The van der Waals surface area contributed by atoms with Crippen molar-refractivity contribution in [2.24, 2.45) is 5.73 Å². The Labute approximate surface area is 116 Å². The second-order valence-electron chi connectivity index (χ2n) is 3.86. The lowest BCUT2D eigenvalue weighted by Crippen LogP contribution is -2.33. The first-order valence-corrected chi connectivity index (χ1v) is 6.09. The van der Waals surface area contributed by atoms with E-state index in [-0.39, 0.29) is 19.8 Å². The molecule has 0 aliphatic rings. The maximum Gasteiger partial charge on any atom is 0.245 e. The minimum Gasteiger partial charge on any atom is -0.389 e. The van der Waals surface area contributed by atoms with Crippen LogP contribution in [0.4, 0.5) is 0 Å². The van der Waals surface area contributed by atoms with Crippen LogP contribution in [0.25, 0.3) is 0 Å². The van der Waals surface area contributed by atoms with Crippen molar-refractivity contribution in [3.05, 3.63) is 34.9 Å². The van der Waals surface area contributed by atoms with Crippen molar-refractivity contribution in [2.75, 3.05) is 19.8 Å². The summed E-state index contributed by atoms with van der Waals surface area (Å²) >= 11 is 5.95. The quantitative estimate of drug-likeness (QED) is 0.446. The average Bonchev–Trinajstić information content (AvgIpc) is 2.37. The van der Waals surface area contributed by atoms with E-state index in [1.807, 2.05) is 18.2 Å². The Kier molecular flexibility index (Phi) is 7.39. The number of hydrogen-bond donors (Lipinski definition) is 3. The number of rotatable bonds is 9. The molecule has 0 saturated heterocycles. The standard InChI is InChI=1S/C12H17ClN2O4/c13-11-4-2-1-3-9(11)6-18-7-10(16)5-15-19-8-12(14)17/h1-4,10,15-16H,5-8H2,(H2,14,17). The Bertz CT molecular complexity index is 403. The molecule has 1 unspecified atom stereocenters. The number of nitrogens with two attached hydrogens (primary N) is 1. The molecule has 0 fully saturated rings. The molecule has 0 saturated carbocycles. The molecule has 1 rings (SSSR count). The zero-order valence-corrected chi connectivity index (χ0v) is 11.1. The van der Waals surface area contributed by atoms with Gasteiger partial charge in [0, 0.05) is 11.6 Å². The second-order valence-corrected chi connectivity index (χ2v) is 4.27. The molecule has 0 aromatic heterocycles. The molecule has 0 aliphatic heterocycles. The Morgan fingerprint density at radius 2 is 2.21 bits per heavy atom. The zero-order valence-electron chi connectivity index (χ0n) is 10.3. The number of ether oxygens (including phenoxy) is 1. The molecule has 19 heavy (non-hydrogen) atoms. The highest BCUT2D eigenvalue weighted by atomic mass is 35.5. The van der Waals surface area contributed by atoms with Crippen molar-refractivity contribution in [3.63, 3.8) is 0 Å². The lowest BCUT2D eigenvalue weighted by Gasteiger charge is -2.12. The summed E-state index contributed by atoms with van der Waals surface area (Å²) < 4.78 is 5.32. The molecule has 4 N–H and O–H groups in total. The van der Waals surface area contributed by atoms with Crippen LogP contribution in [0, 0.1) is 0 Å². The van der Waals surface area contributed by atoms with Crippen molar-refractivity contribution in [3.8, 4) is 0 Å². The van der Waals surface area contributed by atoms with Crippen LogP contribution < -0.4 is 11.2 Å². The highest BCUT2D eigenvalue weighted by Crippen LogP contribution is 2.15. The third kappa shape index (κ3) is 7.09. The van der Waals surface area contributed by atoms with Gasteiger partial charge in [-0.15, -0.1) is 0 Å². The lowest BCUT2D eigenvalue weighted by molar-refractivity contribution is -0.126. The summed E-state index contributed by atoms with van der Waals surface area (Å²) in [4.78, 5) is 15.1. The molecule has 0 aliphatic carbocycles. The molecule has 0 bridgehead atoms. The van der Waals surface area contributed by atoms with Gasteiger partial charge in [0.15, 0.2) is 0 Å². The molecule has 7 heteroatoms. The van der Waals surface area contributed by atoms with E-state index < -0.39 is 12.0 Å². The molecule has 0 spiro atoms. The Morgan fingerprint density at radius 1 is 1.47 bits per heavy atom. The van der Waals surface area contributed by atoms with Gasteiger partial charge in [0.25, 0.3) is 0 Å². The van der Waals surface area contributed by atoms with E-state index in [9.17, 15) is 9.90 Å². The number of benzene rings is 1. The average molecular weight is 289 g/mol. The SMILES string of the molecule is NC(=O)CONCC(O)COCc1ccccc1Cl. The van der Waals surface area contributed by atoms with Gasteiger partial charge in [0.05, 0.1) is 19.3 Å². The van der Waals surface area contributed by atoms with Crippen molar-refractivity contribution in [1.29, 1.82) is 0 Å². The van der Waals surface area contributed by atoms with Crippen LogP contribution in [0.2, 0.25) is 5.02 Å². The minimum absolute atomic E-state index is 0.123. The summed E-state index contributed by atoms with van der Waals surface area (Å²) in [6, 6.07) is 7.32. The van der Waals surface area contributed by atoms with Gasteiger partial charge in [-0.25, -0.2) is 0 Å². The predicted molar refractivity (Wildman–Crippen MR) is 70.3 cm³/mol. The van der Waals surface area contributed by atoms with E-state index in [0.717, 1.165) is 5.56 Å². The third-order valence-electron chi connectivity index (χ3n) is 2.16. The second kappa shape index (κ2) is 8.84. The Morgan fingerprint density at radius 3 is 2.89 bits per heavy atom. The first-order chi connectivity index (χ1) is 9.09. The van der Waals surface area contributed by atoms with E-state index in [2.05, 4.69) is 10.3 Å². The van der Waals surface area contributed by atoms with Crippen LogP contribution in [-0.4, -0.2) is 36.9 Å². The number of primary amides is 1. The molecule has 1 amide bonds. The number of halogens is 1. The number of aliphatic hydroxyl groups excluding tert-OH is 1. The fourth-order valence-corrected chi connectivity index (χ4v) is 1.45. The van der Waals surface area contributed by atoms with Crippen LogP contribution in [0.15, 0.2) is 24.3 Å². The highest BCUT2D eigenvalue weighted by molar-refractivity contribution is 6.31. The van der Waals surface area contributed by atoms with Gasteiger partial charge in [-0.3, -0.25) is 9.63 Å². The van der Waals surface area contributed by atoms with Gasteiger partial charge in [0.1, 0.15) is 6.61 Å². The van der Waals surface area contributed by atoms with Crippen LogP contribution >= 0.6 is 11.6 Å². The van der Waals surface area contributed by atoms with E-state index in [0.29, 0.717) is 11.6 Å². The highest BCUT2D eigenvalue weighted by Gasteiger charge is 2.06. The number of aliphatic hydroxyl groups is 1. The summed E-state index contributed by atoms with van der Waals surface area (Å²) in [7, 11) is 0. The lowest BCUT2D eigenvalue weighted by atomic mass is 10.2. The molecule has 6 nitrogen and oxygen atoms in total. The van der Waals surface area contributed by atoms with Crippen LogP contribution in [-0.2, 0) is 21.0 Å². The number of hydrogen-bond acceptors (Lipinski definition) is 5. The van der Waals surface area contributed by atoms with Crippen molar-refractivity contribution in [1.82, 2.24) is 5.48 Å². The summed E-state index contributed by atoms with van der Waals surface area (Å²) in [6.45, 7) is 0.333. The molecule has 0 heterocycles. The van der Waals surface area contributed by atoms with Crippen LogP contribution in [0.3, 0.4) is 0 Å². The molecule has 106 valence electrons. The molecular formula is C12H17ClN2O4. The molecule has 0 radical (unpaired) electrons. The van der Waals surface area contributed by atoms with Gasteiger partial charge < -0.3 is 15.6 Å². The van der Waals surface area contributed by atoms with Crippen molar-refractivity contribution < 1.29 is 19.5 Å². The van der Waals surface area contributed by atoms with Gasteiger partial charge in [-0.2, -0.15) is 5.48 Å². The number of carbonyl (C=O) groups excluding carboxylic acids is 1. The number of hydroxylamine groups is 1. The first-order valence-electron chi connectivity index (χ1n) is 5.71. The Balaban J connectivity index is 2.12. The molecule has 1 aromatic rings. The maximum absolute atomic E-state index is 10.4. The fraction of sp³-hybridized carbons (Fsp3) is 0.417. The number of amides is 1. The third-order valence-corrected chi connectivity index (χ3v) is 2.53.